The van der Waals surface area contributed by atoms with Gasteiger partial charge in [0.2, 0.25) is 5.91 Å². The molecule has 1 saturated heterocycles. The third-order valence-corrected chi connectivity index (χ3v) is 3.71. The summed E-state index contributed by atoms with van der Waals surface area (Å²) < 4.78 is 0. The summed E-state index contributed by atoms with van der Waals surface area (Å²) in [4.78, 5) is 18.0. The number of aromatic nitrogens is 1. The first-order valence-corrected chi connectivity index (χ1v) is 6.99. The van der Waals surface area contributed by atoms with E-state index in [4.69, 9.17) is 11.6 Å². The summed E-state index contributed by atoms with van der Waals surface area (Å²) in [5.74, 6) is -0.0513. The molecular weight excluding hydrogens is 288 g/mol. The number of carbonyl (C=O) groups is 1. The molecular formula is C15H13ClN4O. The van der Waals surface area contributed by atoms with Gasteiger partial charge in [0.05, 0.1) is 23.3 Å². The molecule has 1 aromatic carbocycles. The standard InChI is InChI=1S/C15H13ClN4O/c1-9-7-20(8-14(21)19-9)15-10(5-17)6-18-13-3-2-11(16)4-12(13)15/h2-4,6,9H,7-8H2,1H3,(H,19,21). The summed E-state index contributed by atoms with van der Waals surface area (Å²) >= 11 is 6.07. The molecule has 21 heavy (non-hydrogen) atoms. The fourth-order valence-electron chi connectivity index (χ4n) is 2.68. The first-order chi connectivity index (χ1) is 10.1. The lowest BCUT2D eigenvalue weighted by Crippen LogP contribution is -2.53. The van der Waals surface area contributed by atoms with Crippen LogP contribution in [0.5, 0.6) is 0 Å². The molecule has 2 aromatic rings. The van der Waals surface area contributed by atoms with Gasteiger partial charge in [-0.05, 0) is 25.1 Å². The second kappa shape index (κ2) is 5.23. The Kier molecular flexibility index (Phi) is 3.40. The van der Waals surface area contributed by atoms with E-state index in [1.807, 2.05) is 17.9 Å². The van der Waals surface area contributed by atoms with Crippen LogP contribution in [0.1, 0.15) is 12.5 Å². The van der Waals surface area contributed by atoms with Crippen molar-refractivity contribution in [2.75, 3.05) is 18.0 Å². The lowest BCUT2D eigenvalue weighted by atomic mass is 10.1. The average Bonchev–Trinajstić information content (AvgIpc) is 2.44. The number of nitrogens with one attached hydrogen (secondary N) is 1. The molecule has 0 saturated carbocycles. The number of anilines is 1. The van der Waals surface area contributed by atoms with Crippen LogP contribution in [-0.2, 0) is 4.79 Å². The summed E-state index contributed by atoms with van der Waals surface area (Å²) in [6.45, 7) is 2.81. The van der Waals surface area contributed by atoms with Crippen LogP contribution in [-0.4, -0.2) is 30.0 Å². The van der Waals surface area contributed by atoms with Crippen molar-refractivity contribution in [3.63, 3.8) is 0 Å². The van der Waals surface area contributed by atoms with Gasteiger partial charge in [-0.15, -0.1) is 0 Å². The van der Waals surface area contributed by atoms with Gasteiger partial charge in [0.15, 0.2) is 0 Å². The monoisotopic (exact) mass is 300 g/mol. The quantitative estimate of drug-likeness (QED) is 0.875. The highest BCUT2D eigenvalue weighted by atomic mass is 35.5. The predicted molar refractivity (Wildman–Crippen MR) is 81.3 cm³/mol. The highest BCUT2D eigenvalue weighted by Gasteiger charge is 2.25. The number of benzene rings is 1. The first kappa shape index (κ1) is 13.7. The van der Waals surface area contributed by atoms with Gasteiger partial charge >= 0.3 is 0 Å². The van der Waals surface area contributed by atoms with Crippen molar-refractivity contribution in [2.24, 2.45) is 0 Å². The van der Waals surface area contributed by atoms with Crippen LogP contribution in [0.15, 0.2) is 24.4 Å². The second-order valence-electron chi connectivity index (χ2n) is 5.14. The van der Waals surface area contributed by atoms with Gasteiger partial charge in [-0.1, -0.05) is 11.6 Å². The second-order valence-corrected chi connectivity index (χ2v) is 5.58. The lowest BCUT2D eigenvalue weighted by Gasteiger charge is -2.34. The van der Waals surface area contributed by atoms with Gasteiger partial charge in [0.25, 0.3) is 0 Å². The predicted octanol–water partition coefficient (Wildman–Crippen LogP) is 2.08. The van der Waals surface area contributed by atoms with Gasteiger partial charge in [0.1, 0.15) is 6.07 Å². The molecule has 5 nitrogen and oxygen atoms in total. The van der Waals surface area contributed by atoms with E-state index in [1.165, 1.54) is 0 Å². The third kappa shape index (κ3) is 2.50. The highest BCUT2D eigenvalue weighted by Crippen LogP contribution is 2.31. The fraction of sp³-hybridized carbons (Fsp3) is 0.267. The van der Waals surface area contributed by atoms with Crippen LogP contribution in [0.2, 0.25) is 5.02 Å². The molecule has 3 rings (SSSR count). The van der Waals surface area contributed by atoms with E-state index >= 15 is 0 Å². The van der Waals surface area contributed by atoms with Crippen molar-refractivity contribution in [3.05, 3.63) is 35.0 Å². The minimum absolute atomic E-state index is 0.0280. The summed E-state index contributed by atoms with van der Waals surface area (Å²) in [5, 5.41) is 13.6. The van der Waals surface area contributed by atoms with Crippen molar-refractivity contribution in [2.45, 2.75) is 13.0 Å². The number of rotatable bonds is 1. The lowest BCUT2D eigenvalue weighted by molar-refractivity contribution is -0.121. The maximum absolute atomic E-state index is 11.8. The molecule has 1 aliphatic rings. The molecule has 0 bridgehead atoms. The van der Waals surface area contributed by atoms with Crippen molar-refractivity contribution < 1.29 is 4.79 Å². The van der Waals surface area contributed by atoms with Crippen LogP contribution >= 0.6 is 11.6 Å². The van der Waals surface area contributed by atoms with Crippen LogP contribution in [0.3, 0.4) is 0 Å². The zero-order valence-electron chi connectivity index (χ0n) is 11.4. The van der Waals surface area contributed by atoms with E-state index < -0.39 is 0 Å². The van der Waals surface area contributed by atoms with Crippen molar-refractivity contribution in [1.82, 2.24) is 10.3 Å². The molecule has 0 spiro atoms. The minimum Gasteiger partial charge on any atom is -0.359 e. The number of nitriles is 1. The summed E-state index contributed by atoms with van der Waals surface area (Å²) in [6, 6.07) is 7.55. The highest BCUT2D eigenvalue weighted by molar-refractivity contribution is 6.31. The Morgan fingerprint density at radius 1 is 1.52 bits per heavy atom. The van der Waals surface area contributed by atoms with E-state index in [0.717, 1.165) is 16.6 Å². The zero-order valence-corrected chi connectivity index (χ0v) is 12.2. The molecule has 1 aromatic heterocycles. The minimum atomic E-state index is -0.0513. The number of nitrogens with zero attached hydrogens (tertiary/aromatic N) is 3. The molecule has 1 aliphatic heterocycles. The van der Waals surface area contributed by atoms with E-state index in [-0.39, 0.29) is 18.5 Å². The van der Waals surface area contributed by atoms with Crippen LogP contribution in [0.25, 0.3) is 10.9 Å². The number of piperazine rings is 1. The molecule has 1 N–H and O–H groups in total. The maximum atomic E-state index is 11.8. The molecule has 0 radical (unpaired) electrons. The van der Waals surface area contributed by atoms with Crippen molar-refractivity contribution >= 4 is 34.1 Å². The molecule has 106 valence electrons. The van der Waals surface area contributed by atoms with Gasteiger partial charge in [-0.25, -0.2) is 0 Å². The summed E-state index contributed by atoms with van der Waals surface area (Å²) in [6.07, 6.45) is 1.54. The number of hydrogen-bond acceptors (Lipinski definition) is 4. The maximum Gasteiger partial charge on any atom is 0.239 e. The van der Waals surface area contributed by atoms with Gasteiger partial charge in [-0.2, -0.15) is 5.26 Å². The number of hydrogen-bond donors (Lipinski definition) is 1. The number of carbonyl (C=O) groups excluding carboxylic acids is 1. The number of amides is 1. The Balaban J connectivity index is 2.21. The SMILES string of the molecule is CC1CN(c2c(C#N)cnc3ccc(Cl)cc23)CC(=O)N1. The molecule has 1 atom stereocenters. The average molecular weight is 301 g/mol. The Bertz CT molecular complexity index is 768. The van der Waals surface area contributed by atoms with Crippen molar-refractivity contribution in [1.29, 1.82) is 5.26 Å². The molecule has 6 heteroatoms. The van der Waals surface area contributed by atoms with E-state index in [0.29, 0.717) is 17.1 Å². The molecule has 2 heterocycles. The number of fused-ring (bicyclic) bond motifs is 1. The normalized spacial score (nSPS) is 18.4. The molecule has 1 fully saturated rings. The molecule has 1 unspecified atom stereocenters. The Labute approximate surface area is 127 Å². The number of halogens is 1. The molecule has 0 aliphatic carbocycles. The zero-order chi connectivity index (χ0) is 15.0. The summed E-state index contributed by atoms with van der Waals surface area (Å²) in [7, 11) is 0. The van der Waals surface area contributed by atoms with E-state index in [2.05, 4.69) is 16.4 Å². The van der Waals surface area contributed by atoms with Crippen LogP contribution in [0, 0.1) is 11.3 Å². The Hall–Kier alpha value is -2.32. The van der Waals surface area contributed by atoms with E-state index in [1.54, 1.807) is 18.3 Å². The third-order valence-electron chi connectivity index (χ3n) is 3.47. The van der Waals surface area contributed by atoms with Gasteiger partial charge < -0.3 is 10.2 Å². The Morgan fingerprint density at radius 3 is 3.05 bits per heavy atom. The topological polar surface area (TPSA) is 69.0 Å². The smallest absolute Gasteiger partial charge is 0.239 e. The fourth-order valence-corrected chi connectivity index (χ4v) is 2.85. The van der Waals surface area contributed by atoms with E-state index in [9.17, 15) is 10.1 Å². The van der Waals surface area contributed by atoms with Gasteiger partial charge in [-0.3, -0.25) is 9.78 Å². The summed E-state index contributed by atoms with van der Waals surface area (Å²) in [5.41, 5.74) is 1.94. The van der Waals surface area contributed by atoms with Crippen LogP contribution < -0.4 is 10.2 Å². The van der Waals surface area contributed by atoms with Crippen LogP contribution in [0.4, 0.5) is 5.69 Å². The van der Waals surface area contributed by atoms with Gasteiger partial charge in [0, 0.05) is 29.2 Å². The molecule has 1 amide bonds. The van der Waals surface area contributed by atoms with Crippen molar-refractivity contribution in [3.8, 4) is 6.07 Å². The largest absolute Gasteiger partial charge is 0.359 e. The number of pyridine rings is 1. The Morgan fingerprint density at radius 2 is 2.33 bits per heavy atom. The first-order valence-electron chi connectivity index (χ1n) is 6.61.